The number of esters is 1. The van der Waals surface area contributed by atoms with Gasteiger partial charge in [0.05, 0.1) is 29.9 Å². The quantitative estimate of drug-likeness (QED) is 0.705. The average Bonchev–Trinajstić information content (AvgIpc) is 2.41. The van der Waals surface area contributed by atoms with Gasteiger partial charge in [0.2, 0.25) is 11.5 Å². The van der Waals surface area contributed by atoms with Crippen molar-refractivity contribution in [3.05, 3.63) is 26.7 Å². The Morgan fingerprint density at radius 1 is 1.43 bits per heavy atom. The topological polar surface area (TPSA) is 106 Å². The summed E-state index contributed by atoms with van der Waals surface area (Å²) in [5.74, 6) is -1.73. The molecule has 0 radical (unpaired) electrons. The molecule has 0 spiro atoms. The molecule has 0 saturated carbocycles. The van der Waals surface area contributed by atoms with Crippen molar-refractivity contribution in [3.8, 4) is 5.75 Å². The Balaban J connectivity index is 2.57. The molecule has 7 nitrogen and oxygen atoms in total. The fraction of sp³-hybridized carbons (Fsp3) is 0.538. The molecule has 1 rings (SSSR count). The van der Waals surface area contributed by atoms with Gasteiger partial charge in [0, 0.05) is 12.5 Å². The Morgan fingerprint density at radius 3 is 2.67 bits per heavy atom. The van der Waals surface area contributed by atoms with Crippen LogP contribution < -0.4 is 5.63 Å². The highest BCUT2D eigenvalue weighted by molar-refractivity contribution is 9.10. The minimum atomic E-state index is -1.03. The molecule has 118 valence electrons. The molecule has 0 bridgehead atoms. The summed E-state index contributed by atoms with van der Waals surface area (Å²) in [7, 11) is 0. The Morgan fingerprint density at radius 2 is 2.10 bits per heavy atom. The van der Waals surface area contributed by atoms with Crippen LogP contribution in [0.4, 0.5) is 0 Å². The number of rotatable bonds is 7. The van der Waals surface area contributed by atoms with Crippen molar-refractivity contribution in [1.82, 2.24) is 0 Å². The number of carbonyl (C=O) groups is 1. The van der Waals surface area contributed by atoms with E-state index in [4.69, 9.17) is 14.6 Å². The van der Waals surface area contributed by atoms with Crippen LogP contribution in [0.15, 0.2) is 19.8 Å². The van der Waals surface area contributed by atoms with Gasteiger partial charge in [-0.15, -0.1) is 0 Å². The monoisotopic (exact) mass is 364 g/mol. The summed E-state index contributed by atoms with van der Waals surface area (Å²) in [4.78, 5) is 22.9. The van der Waals surface area contributed by atoms with E-state index in [0.717, 1.165) is 6.07 Å². The first-order valence-electron chi connectivity index (χ1n) is 6.21. The average molecular weight is 365 g/mol. The first kappa shape index (κ1) is 17.7. The van der Waals surface area contributed by atoms with Crippen LogP contribution in [-0.2, 0) is 9.47 Å². The summed E-state index contributed by atoms with van der Waals surface area (Å²) < 4.78 is 15.0. The number of ether oxygens (including phenoxy) is 2. The van der Waals surface area contributed by atoms with E-state index >= 15 is 0 Å². The lowest BCUT2D eigenvalue weighted by molar-refractivity contribution is -0.0486. The summed E-state index contributed by atoms with van der Waals surface area (Å²) in [6.45, 7) is 3.76. The highest BCUT2D eigenvalue weighted by Crippen LogP contribution is 2.21. The summed E-state index contributed by atoms with van der Waals surface area (Å²) in [6.07, 6.45) is 0.405. The van der Waals surface area contributed by atoms with Crippen LogP contribution in [0.2, 0.25) is 0 Å². The molecule has 0 saturated heterocycles. The second kappa shape index (κ2) is 7.58. The highest BCUT2D eigenvalue weighted by Gasteiger charge is 2.20. The molecular formula is C13H17BrO7. The predicted octanol–water partition coefficient (Wildman–Crippen LogP) is 1.44. The maximum absolute atomic E-state index is 11.7. The van der Waals surface area contributed by atoms with Gasteiger partial charge in [0.1, 0.15) is 0 Å². The van der Waals surface area contributed by atoms with E-state index < -0.39 is 22.9 Å². The molecule has 2 N–H and O–H groups in total. The molecule has 8 heteroatoms. The normalized spacial score (nSPS) is 11.4. The smallest absolute Gasteiger partial charge is 0.380 e. The second-order valence-corrected chi connectivity index (χ2v) is 5.67. The minimum Gasteiger partial charge on any atom is -0.501 e. The number of hydrogen-bond acceptors (Lipinski definition) is 7. The Kier molecular flexibility index (Phi) is 6.38. The van der Waals surface area contributed by atoms with Gasteiger partial charge in [-0.25, -0.2) is 9.59 Å². The zero-order chi connectivity index (χ0) is 16.0. The van der Waals surface area contributed by atoms with Crippen LogP contribution in [0.3, 0.4) is 0 Å². The standard InChI is InChI=1S/C13H17BrO7/c1-13(2,20-6-4-15)3-5-19-11(17)9-7-8(14)10(16)12(18)21-9/h7,15-16H,3-6H2,1-2H3. The van der Waals surface area contributed by atoms with Crippen molar-refractivity contribution in [1.29, 1.82) is 0 Å². The molecule has 21 heavy (non-hydrogen) atoms. The fourth-order valence-corrected chi connectivity index (χ4v) is 1.78. The summed E-state index contributed by atoms with van der Waals surface area (Å²) in [5.41, 5.74) is -1.58. The van der Waals surface area contributed by atoms with Gasteiger partial charge in [-0.3, -0.25) is 0 Å². The molecule has 0 unspecified atom stereocenters. The maximum Gasteiger partial charge on any atom is 0.380 e. The van der Waals surface area contributed by atoms with Crippen molar-refractivity contribution < 1.29 is 28.9 Å². The Bertz CT molecular complexity index is 550. The third kappa shape index (κ3) is 5.49. The lowest BCUT2D eigenvalue weighted by Gasteiger charge is -2.24. The van der Waals surface area contributed by atoms with Gasteiger partial charge < -0.3 is 24.1 Å². The Hall–Kier alpha value is -1.38. The predicted molar refractivity (Wildman–Crippen MR) is 76.4 cm³/mol. The Labute approximate surface area is 129 Å². The molecule has 1 heterocycles. The lowest BCUT2D eigenvalue weighted by Crippen LogP contribution is -2.28. The van der Waals surface area contributed by atoms with E-state index in [1.54, 1.807) is 13.8 Å². The largest absolute Gasteiger partial charge is 0.501 e. The third-order valence-electron chi connectivity index (χ3n) is 2.60. The van der Waals surface area contributed by atoms with Crippen molar-refractivity contribution in [2.24, 2.45) is 0 Å². The first-order valence-corrected chi connectivity index (χ1v) is 7.00. The maximum atomic E-state index is 11.7. The SMILES string of the molecule is CC(C)(CCOC(=O)c1cc(Br)c(O)c(=O)o1)OCCO. The van der Waals surface area contributed by atoms with Crippen LogP contribution in [0.25, 0.3) is 0 Å². The molecule has 0 aromatic carbocycles. The van der Waals surface area contributed by atoms with E-state index in [-0.39, 0.29) is 30.1 Å². The van der Waals surface area contributed by atoms with Crippen LogP contribution in [0, 0.1) is 0 Å². The van der Waals surface area contributed by atoms with Crippen LogP contribution in [-0.4, -0.2) is 41.6 Å². The number of carbonyl (C=O) groups excluding carboxylic acids is 1. The van der Waals surface area contributed by atoms with Crippen molar-refractivity contribution in [2.45, 2.75) is 25.9 Å². The minimum absolute atomic E-state index is 0.0531. The number of halogens is 1. The molecule has 0 amide bonds. The molecule has 0 atom stereocenters. The first-order chi connectivity index (χ1) is 9.76. The summed E-state index contributed by atoms with van der Waals surface area (Å²) in [5, 5.41) is 17.9. The van der Waals surface area contributed by atoms with Gasteiger partial charge in [0.25, 0.3) is 0 Å². The van der Waals surface area contributed by atoms with Crippen molar-refractivity contribution in [2.75, 3.05) is 19.8 Å². The molecule has 0 fully saturated rings. The molecule has 0 aliphatic heterocycles. The van der Waals surface area contributed by atoms with Crippen molar-refractivity contribution in [3.63, 3.8) is 0 Å². The number of aromatic hydroxyl groups is 1. The summed E-state index contributed by atoms with van der Waals surface area (Å²) >= 11 is 2.93. The highest BCUT2D eigenvalue weighted by atomic mass is 79.9. The molecule has 1 aromatic heterocycles. The second-order valence-electron chi connectivity index (χ2n) is 4.81. The van der Waals surface area contributed by atoms with Gasteiger partial charge >= 0.3 is 11.6 Å². The fourth-order valence-electron chi connectivity index (χ4n) is 1.41. The van der Waals surface area contributed by atoms with Gasteiger partial charge in [-0.2, -0.15) is 0 Å². The zero-order valence-corrected chi connectivity index (χ0v) is 13.3. The third-order valence-corrected chi connectivity index (χ3v) is 3.21. The number of aliphatic hydroxyl groups excluding tert-OH is 1. The lowest BCUT2D eigenvalue weighted by atomic mass is 10.1. The number of aliphatic hydroxyl groups is 1. The van der Waals surface area contributed by atoms with Gasteiger partial charge in [-0.05, 0) is 29.8 Å². The molecular weight excluding hydrogens is 348 g/mol. The van der Waals surface area contributed by atoms with E-state index in [9.17, 15) is 14.7 Å². The van der Waals surface area contributed by atoms with Gasteiger partial charge in [-0.1, -0.05) is 0 Å². The van der Waals surface area contributed by atoms with Gasteiger partial charge in [0.15, 0.2) is 0 Å². The van der Waals surface area contributed by atoms with E-state index in [2.05, 4.69) is 20.3 Å². The van der Waals surface area contributed by atoms with Crippen LogP contribution in [0.5, 0.6) is 5.75 Å². The van der Waals surface area contributed by atoms with E-state index in [1.165, 1.54) is 0 Å². The van der Waals surface area contributed by atoms with E-state index in [0.29, 0.717) is 6.42 Å². The number of hydrogen-bond donors (Lipinski definition) is 2. The van der Waals surface area contributed by atoms with E-state index in [1.807, 2.05) is 0 Å². The van der Waals surface area contributed by atoms with Crippen LogP contribution in [0.1, 0.15) is 30.8 Å². The molecule has 0 aliphatic rings. The molecule has 0 aliphatic carbocycles. The summed E-state index contributed by atoms with van der Waals surface area (Å²) in [6, 6.07) is 1.16. The molecule has 1 aromatic rings. The van der Waals surface area contributed by atoms with Crippen LogP contribution >= 0.6 is 15.9 Å². The van der Waals surface area contributed by atoms with Crippen molar-refractivity contribution >= 4 is 21.9 Å². The zero-order valence-electron chi connectivity index (χ0n) is 11.7.